The Balaban J connectivity index is 1.86. The predicted octanol–water partition coefficient (Wildman–Crippen LogP) is 2.35. The Morgan fingerprint density at radius 2 is 2.19 bits per heavy atom. The van der Waals surface area contributed by atoms with Gasteiger partial charge >= 0.3 is 0 Å². The molecule has 0 spiro atoms. The molecule has 112 valence electrons. The normalized spacial score (nSPS) is 18.4. The quantitative estimate of drug-likeness (QED) is 0.867. The van der Waals surface area contributed by atoms with Crippen molar-refractivity contribution in [3.05, 3.63) is 36.1 Å². The Labute approximate surface area is 123 Å². The fraction of sp³-hybridized carbons (Fsp3) is 0.533. The fourth-order valence-corrected chi connectivity index (χ4v) is 2.97. The average molecular weight is 289 g/mol. The second-order valence-corrected chi connectivity index (χ2v) is 5.43. The maximum absolute atomic E-state index is 14.5. The topological polar surface area (TPSA) is 46.8 Å². The Kier molecular flexibility index (Phi) is 3.86. The van der Waals surface area contributed by atoms with E-state index in [0.29, 0.717) is 17.9 Å². The van der Waals surface area contributed by atoms with Crippen LogP contribution in [0.25, 0.3) is 0 Å². The minimum atomic E-state index is -0.269. The monoisotopic (exact) mass is 289 g/mol. The third-order valence-electron chi connectivity index (χ3n) is 4.16. The lowest BCUT2D eigenvalue weighted by Gasteiger charge is -2.27. The van der Waals surface area contributed by atoms with Crippen molar-refractivity contribution in [1.82, 2.24) is 19.5 Å². The van der Waals surface area contributed by atoms with Gasteiger partial charge in [-0.25, -0.2) is 19.3 Å². The van der Waals surface area contributed by atoms with Crippen molar-refractivity contribution in [2.45, 2.75) is 45.7 Å². The molecule has 1 fully saturated rings. The number of hydrogen-bond donors (Lipinski definition) is 0. The third kappa shape index (κ3) is 2.62. The summed E-state index contributed by atoms with van der Waals surface area (Å²) in [5, 5.41) is 0. The lowest BCUT2D eigenvalue weighted by molar-refractivity contribution is 0.522. The van der Waals surface area contributed by atoms with Crippen LogP contribution in [0.15, 0.2) is 18.7 Å². The van der Waals surface area contributed by atoms with Crippen molar-refractivity contribution in [1.29, 1.82) is 0 Å². The Bertz CT molecular complexity index is 624. The van der Waals surface area contributed by atoms with Gasteiger partial charge in [0.15, 0.2) is 11.6 Å². The number of rotatable bonds is 4. The van der Waals surface area contributed by atoms with Gasteiger partial charge in [0.25, 0.3) is 0 Å². The van der Waals surface area contributed by atoms with Gasteiger partial charge in [0.1, 0.15) is 12.2 Å². The maximum atomic E-state index is 14.5. The molecule has 0 amide bonds. The molecule has 0 saturated carbocycles. The van der Waals surface area contributed by atoms with E-state index < -0.39 is 0 Å². The fourth-order valence-electron chi connectivity index (χ4n) is 2.97. The van der Waals surface area contributed by atoms with Crippen molar-refractivity contribution in [3.63, 3.8) is 0 Å². The van der Waals surface area contributed by atoms with Gasteiger partial charge in [0.05, 0.1) is 5.69 Å². The molecule has 0 aliphatic carbocycles. The molecule has 1 saturated heterocycles. The Morgan fingerprint density at radius 1 is 1.33 bits per heavy atom. The summed E-state index contributed by atoms with van der Waals surface area (Å²) in [7, 11) is 0. The van der Waals surface area contributed by atoms with Crippen LogP contribution in [0.5, 0.6) is 0 Å². The van der Waals surface area contributed by atoms with Gasteiger partial charge in [0.2, 0.25) is 0 Å². The number of halogens is 1. The van der Waals surface area contributed by atoms with Crippen LogP contribution in [-0.4, -0.2) is 32.1 Å². The molecule has 1 unspecified atom stereocenters. The van der Waals surface area contributed by atoms with Crippen molar-refractivity contribution < 1.29 is 4.39 Å². The van der Waals surface area contributed by atoms with Crippen LogP contribution in [-0.2, 0) is 13.0 Å². The summed E-state index contributed by atoms with van der Waals surface area (Å²) in [6.07, 6.45) is 7.93. The third-order valence-corrected chi connectivity index (χ3v) is 4.16. The van der Waals surface area contributed by atoms with Crippen LogP contribution in [0.3, 0.4) is 0 Å². The highest BCUT2D eigenvalue weighted by Crippen LogP contribution is 2.28. The molecule has 6 heteroatoms. The molecule has 0 radical (unpaired) electrons. The summed E-state index contributed by atoms with van der Waals surface area (Å²) in [5.74, 6) is 1.16. The van der Waals surface area contributed by atoms with Crippen LogP contribution in [0.4, 0.5) is 10.2 Å². The van der Waals surface area contributed by atoms with E-state index in [4.69, 9.17) is 0 Å². The number of nitrogens with zero attached hydrogens (tertiary/aromatic N) is 5. The Morgan fingerprint density at radius 3 is 2.90 bits per heavy atom. The highest BCUT2D eigenvalue weighted by atomic mass is 19.1. The van der Waals surface area contributed by atoms with Gasteiger partial charge in [-0.15, -0.1) is 0 Å². The van der Waals surface area contributed by atoms with E-state index in [0.717, 1.165) is 31.8 Å². The van der Waals surface area contributed by atoms with Crippen molar-refractivity contribution in [3.8, 4) is 0 Å². The number of anilines is 1. The number of aromatic nitrogens is 4. The van der Waals surface area contributed by atoms with Gasteiger partial charge in [-0.3, -0.25) is 0 Å². The molecule has 5 nitrogen and oxygen atoms in total. The highest BCUT2D eigenvalue weighted by Gasteiger charge is 2.29. The standard InChI is InChI=1S/C15H20FN5/c1-3-13-14(16)15(19-10-18-13)21-7-4-5-12(21)9-20-8-6-17-11(20)2/h6,8,10,12H,3-5,7,9H2,1-2H3. The summed E-state index contributed by atoms with van der Waals surface area (Å²) < 4.78 is 16.6. The molecule has 2 aromatic rings. The summed E-state index contributed by atoms with van der Waals surface area (Å²) in [4.78, 5) is 14.5. The van der Waals surface area contributed by atoms with Gasteiger partial charge in [-0.05, 0) is 26.2 Å². The van der Waals surface area contributed by atoms with Crippen molar-refractivity contribution in [2.75, 3.05) is 11.4 Å². The van der Waals surface area contributed by atoms with E-state index >= 15 is 0 Å². The predicted molar refractivity (Wildman–Crippen MR) is 78.7 cm³/mol. The molecular weight excluding hydrogens is 269 g/mol. The average Bonchev–Trinajstić information content (AvgIpc) is 3.10. The van der Waals surface area contributed by atoms with E-state index in [2.05, 4.69) is 24.4 Å². The molecule has 0 aromatic carbocycles. The van der Waals surface area contributed by atoms with E-state index in [1.165, 1.54) is 6.33 Å². The number of imidazole rings is 1. The van der Waals surface area contributed by atoms with E-state index in [-0.39, 0.29) is 11.9 Å². The first kappa shape index (κ1) is 14.0. The van der Waals surface area contributed by atoms with E-state index in [1.54, 1.807) is 6.20 Å². The van der Waals surface area contributed by atoms with Gasteiger partial charge in [0, 0.05) is 31.5 Å². The second kappa shape index (κ2) is 5.79. The molecule has 21 heavy (non-hydrogen) atoms. The summed E-state index contributed by atoms with van der Waals surface area (Å²) in [6.45, 7) is 5.55. The molecule has 1 aliphatic heterocycles. The van der Waals surface area contributed by atoms with Gasteiger partial charge in [-0.1, -0.05) is 6.92 Å². The SMILES string of the molecule is CCc1ncnc(N2CCCC2Cn2ccnc2C)c1F. The van der Waals surface area contributed by atoms with Crippen molar-refractivity contribution >= 4 is 5.82 Å². The number of aryl methyl sites for hydroxylation is 2. The zero-order chi connectivity index (χ0) is 14.8. The molecule has 3 heterocycles. The largest absolute Gasteiger partial charge is 0.349 e. The molecule has 0 N–H and O–H groups in total. The molecular formula is C15H20FN5. The summed E-state index contributed by atoms with van der Waals surface area (Å²) >= 11 is 0. The minimum Gasteiger partial charge on any atom is -0.349 e. The van der Waals surface area contributed by atoms with Gasteiger partial charge < -0.3 is 9.47 Å². The first-order valence-electron chi connectivity index (χ1n) is 7.44. The molecule has 1 aliphatic rings. The van der Waals surface area contributed by atoms with Gasteiger partial charge in [-0.2, -0.15) is 0 Å². The van der Waals surface area contributed by atoms with Crippen LogP contribution >= 0.6 is 0 Å². The zero-order valence-electron chi connectivity index (χ0n) is 12.5. The smallest absolute Gasteiger partial charge is 0.187 e. The van der Waals surface area contributed by atoms with E-state index in [9.17, 15) is 4.39 Å². The molecule has 0 bridgehead atoms. The molecule has 3 rings (SSSR count). The van der Waals surface area contributed by atoms with Crippen LogP contribution in [0.2, 0.25) is 0 Å². The Hall–Kier alpha value is -1.98. The van der Waals surface area contributed by atoms with Crippen LogP contribution in [0, 0.1) is 12.7 Å². The van der Waals surface area contributed by atoms with Crippen LogP contribution < -0.4 is 4.90 Å². The van der Waals surface area contributed by atoms with E-state index in [1.807, 2.05) is 20.0 Å². The minimum absolute atomic E-state index is 0.256. The van der Waals surface area contributed by atoms with Crippen molar-refractivity contribution in [2.24, 2.45) is 0 Å². The lowest BCUT2D eigenvalue weighted by Crippen LogP contribution is -2.34. The second-order valence-electron chi connectivity index (χ2n) is 5.43. The van der Waals surface area contributed by atoms with Crippen LogP contribution in [0.1, 0.15) is 31.3 Å². The first-order chi connectivity index (χ1) is 10.2. The molecule has 2 aromatic heterocycles. The zero-order valence-corrected chi connectivity index (χ0v) is 12.5. The maximum Gasteiger partial charge on any atom is 0.187 e. The highest BCUT2D eigenvalue weighted by molar-refractivity contribution is 5.43. The summed E-state index contributed by atoms with van der Waals surface area (Å²) in [6, 6.07) is 0.256. The summed E-state index contributed by atoms with van der Waals surface area (Å²) in [5.41, 5.74) is 0.490. The first-order valence-corrected chi connectivity index (χ1v) is 7.44. The number of hydrogen-bond acceptors (Lipinski definition) is 4. The molecule has 1 atom stereocenters. The lowest BCUT2D eigenvalue weighted by atomic mass is 10.2.